The molecule has 0 aliphatic rings. The van der Waals surface area contributed by atoms with Crippen molar-refractivity contribution >= 4 is 15.7 Å². The van der Waals surface area contributed by atoms with Crippen molar-refractivity contribution < 1.29 is 13.2 Å². The SMILES string of the molecule is CC(C)NCCCS(=O)(=O)Nc1ccc(OC(C)C)cc1. The lowest BCUT2D eigenvalue weighted by atomic mass is 10.3. The van der Waals surface area contributed by atoms with E-state index in [9.17, 15) is 8.42 Å². The molecule has 1 aromatic rings. The predicted molar refractivity (Wildman–Crippen MR) is 87.4 cm³/mol. The topological polar surface area (TPSA) is 67.4 Å². The molecule has 1 rings (SSSR count). The molecule has 0 fully saturated rings. The monoisotopic (exact) mass is 314 g/mol. The third-order valence-electron chi connectivity index (χ3n) is 2.64. The van der Waals surface area contributed by atoms with E-state index in [4.69, 9.17) is 4.74 Å². The van der Waals surface area contributed by atoms with Crippen LogP contribution in [0.5, 0.6) is 5.75 Å². The molecular formula is C15H26N2O3S. The van der Waals surface area contributed by atoms with Gasteiger partial charge in [0.1, 0.15) is 5.75 Å². The first kappa shape index (κ1) is 17.8. The third-order valence-corrected chi connectivity index (χ3v) is 4.01. The molecule has 0 aliphatic heterocycles. The molecule has 0 aliphatic carbocycles. The van der Waals surface area contributed by atoms with Gasteiger partial charge in [0.15, 0.2) is 0 Å². The molecule has 120 valence electrons. The zero-order valence-corrected chi connectivity index (χ0v) is 14.0. The summed E-state index contributed by atoms with van der Waals surface area (Å²) in [5.41, 5.74) is 0.558. The van der Waals surface area contributed by atoms with Crippen molar-refractivity contribution in [3.05, 3.63) is 24.3 Å². The first-order chi connectivity index (χ1) is 9.78. The first-order valence-corrected chi connectivity index (χ1v) is 8.94. The smallest absolute Gasteiger partial charge is 0.232 e. The minimum absolute atomic E-state index is 0.0981. The lowest BCUT2D eigenvalue weighted by Crippen LogP contribution is -2.26. The van der Waals surface area contributed by atoms with Crippen LogP contribution in [0.15, 0.2) is 24.3 Å². The van der Waals surface area contributed by atoms with E-state index >= 15 is 0 Å². The number of ether oxygens (including phenoxy) is 1. The Labute approximate surface area is 128 Å². The summed E-state index contributed by atoms with van der Waals surface area (Å²) in [6, 6.07) is 7.31. The fraction of sp³-hybridized carbons (Fsp3) is 0.600. The lowest BCUT2D eigenvalue weighted by Gasteiger charge is -2.12. The van der Waals surface area contributed by atoms with Crippen molar-refractivity contribution in [3.63, 3.8) is 0 Å². The maximum Gasteiger partial charge on any atom is 0.232 e. The molecule has 21 heavy (non-hydrogen) atoms. The van der Waals surface area contributed by atoms with Crippen LogP contribution < -0.4 is 14.8 Å². The minimum atomic E-state index is -3.30. The molecule has 0 spiro atoms. The maximum atomic E-state index is 11.9. The highest BCUT2D eigenvalue weighted by molar-refractivity contribution is 7.92. The van der Waals surface area contributed by atoms with Crippen LogP contribution in [0.1, 0.15) is 34.1 Å². The van der Waals surface area contributed by atoms with Gasteiger partial charge in [0.2, 0.25) is 10.0 Å². The second-order valence-corrected chi connectivity index (χ2v) is 7.42. The van der Waals surface area contributed by atoms with E-state index in [1.165, 1.54) is 0 Å². The zero-order valence-electron chi connectivity index (χ0n) is 13.2. The Morgan fingerprint density at radius 1 is 1.10 bits per heavy atom. The van der Waals surface area contributed by atoms with Gasteiger partial charge < -0.3 is 10.1 Å². The molecule has 0 unspecified atom stereocenters. The number of rotatable bonds is 9. The zero-order chi connectivity index (χ0) is 15.9. The summed E-state index contributed by atoms with van der Waals surface area (Å²) >= 11 is 0. The Kier molecular flexibility index (Phi) is 6.98. The minimum Gasteiger partial charge on any atom is -0.491 e. The highest BCUT2D eigenvalue weighted by Crippen LogP contribution is 2.17. The van der Waals surface area contributed by atoms with Gasteiger partial charge in [-0.1, -0.05) is 13.8 Å². The summed E-state index contributed by atoms with van der Waals surface area (Å²) in [7, 11) is -3.30. The van der Waals surface area contributed by atoms with Crippen LogP contribution in [0.25, 0.3) is 0 Å². The van der Waals surface area contributed by atoms with Gasteiger partial charge in [-0.2, -0.15) is 0 Å². The van der Waals surface area contributed by atoms with Crippen LogP contribution in [0.2, 0.25) is 0 Å². The molecular weight excluding hydrogens is 288 g/mol. The Morgan fingerprint density at radius 3 is 2.24 bits per heavy atom. The van der Waals surface area contributed by atoms with Gasteiger partial charge in [0.05, 0.1) is 11.9 Å². The molecule has 0 atom stereocenters. The van der Waals surface area contributed by atoms with Crippen LogP contribution in [0.4, 0.5) is 5.69 Å². The second-order valence-electron chi connectivity index (χ2n) is 5.57. The molecule has 0 saturated heterocycles. The molecule has 2 N–H and O–H groups in total. The number of nitrogens with one attached hydrogen (secondary N) is 2. The van der Waals surface area contributed by atoms with Crippen LogP contribution in [0.3, 0.4) is 0 Å². The van der Waals surface area contributed by atoms with Crippen LogP contribution >= 0.6 is 0 Å². The van der Waals surface area contributed by atoms with E-state index in [1.807, 2.05) is 27.7 Å². The van der Waals surface area contributed by atoms with E-state index in [2.05, 4.69) is 10.0 Å². The molecule has 6 heteroatoms. The van der Waals surface area contributed by atoms with Gasteiger partial charge in [0, 0.05) is 11.7 Å². The fourth-order valence-corrected chi connectivity index (χ4v) is 2.88. The van der Waals surface area contributed by atoms with Crippen molar-refractivity contribution in [1.29, 1.82) is 0 Å². The third kappa shape index (κ3) is 7.92. The Hall–Kier alpha value is -1.27. The molecule has 0 aromatic heterocycles. The van der Waals surface area contributed by atoms with Gasteiger partial charge >= 0.3 is 0 Å². The number of hydrogen-bond donors (Lipinski definition) is 2. The van der Waals surface area contributed by atoms with Gasteiger partial charge in [0.25, 0.3) is 0 Å². The summed E-state index contributed by atoms with van der Waals surface area (Å²) in [6.07, 6.45) is 0.684. The summed E-state index contributed by atoms with van der Waals surface area (Å²) in [5, 5.41) is 3.20. The summed E-state index contributed by atoms with van der Waals surface area (Å²) in [4.78, 5) is 0. The van der Waals surface area contributed by atoms with E-state index < -0.39 is 10.0 Å². The number of hydrogen-bond acceptors (Lipinski definition) is 4. The molecule has 0 bridgehead atoms. The van der Waals surface area contributed by atoms with Gasteiger partial charge in [-0.15, -0.1) is 0 Å². The summed E-state index contributed by atoms with van der Waals surface area (Å²) in [6.45, 7) is 8.66. The van der Waals surface area contributed by atoms with Crippen molar-refractivity contribution in [1.82, 2.24) is 5.32 Å². The highest BCUT2D eigenvalue weighted by atomic mass is 32.2. The number of benzene rings is 1. The highest BCUT2D eigenvalue weighted by Gasteiger charge is 2.10. The molecule has 5 nitrogen and oxygen atoms in total. The second kappa shape index (κ2) is 8.24. The van der Waals surface area contributed by atoms with E-state index in [0.29, 0.717) is 24.7 Å². The van der Waals surface area contributed by atoms with Gasteiger partial charge in [-0.05, 0) is 51.1 Å². The van der Waals surface area contributed by atoms with Crippen LogP contribution in [-0.2, 0) is 10.0 Å². The molecule has 0 amide bonds. The Balaban J connectivity index is 2.47. The van der Waals surface area contributed by atoms with Crippen molar-refractivity contribution in [2.24, 2.45) is 0 Å². The predicted octanol–water partition coefficient (Wildman–Crippen LogP) is 2.60. The summed E-state index contributed by atoms with van der Waals surface area (Å²) < 4.78 is 32.0. The van der Waals surface area contributed by atoms with Crippen LogP contribution in [-0.4, -0.2) is 32.9 Å². The van der Waals surface area contributed by atoms with E-state index in [-0.39, 0.29) is 11.9 Å². The first-order valence-electron chi connectivity index (χ1n) is 7.29. The molecule has 0 radical (unpaired) electrons. The molecule has 1 aromatic carbocycles. The Bertz CT molecular complexity index is 510. The average Bonchev–Trinajstić information content (AvgIpc) is 2.36. The molecule has 0 heterocycles. The van der Waals surface area contributed by atoms with Crippen molar-refractivity contribution in [2.45, 2.75) is 46.3 Å². The van der Waals surface area contributed by atoms with E-state index in [0.717, 1.165) is 5.75 Å². The fourth-order valence-electron chi connectivity index (χ4n) is 1.76. The quantitative estimate of drug-likeness (QED) is 0.688. The van der Waals surface area contributed by atoms with Crippen molar-refractivity contribution in [3.8, 4) is 5.75 Å². The standard InChI is InChI=1S/C15H26N2O3S/c1-12(2)16-10-5-11-21(18,19)17-14-6-8-15(9-7-14)20-13(3)4/h6-9,12-13,16-17H,5,10-11H2,1-4H3. The van der Waals surface area contributed by atoms with Crippen LogP contribution in [0, 0.1) is 0 Å². The summed E-state index contributed by atoms with van der Waals surface area (Å²) in [5.74, 6) is 0.839. The largest absolute Gasteiger partial charge is 0.491 e. The maximum absolute atomic E-state index is 11.9. The number of anilines is 1. The van der Waals surface area contributed by atoms with Crippen molar-refractivity contribution in [2.75, 3.05) is 17.0 Å². The van der Waals surface area contributed by atoms with Gasteiger partial charge in [-0.25, -0.2) is 8.42 Å². The Morgan fingerprint density at radius 2 is 1.71 bits per heavy atom. The normalized spacial score (nSPS) is 11.9. The van der Waals surface area contributed by atoms with E-state index in [1.54, 1.807) is 24.3 Å². The lowest BCUT2D eigenvalue weighted by molar-refractivity contribution is 0.242. The molecule has 0 saturated carbocycles. The number of sulfonamides is 1. The average molecular weight is 314 g/mol. The van der Waals surface area contributed by atoms with Gasteiger partial charge in [-0.3, -0.25) is 4.72 Å².